The molecule has 0 bridgehead atoms. The third kappa shape index (κ3) is 5.68. The third-order valence-corrected chi connectivity index (χ3v) is 7.49. The number of anilines is 1. The summed E-state index contributed by atoms with van der Waals surface area (Å²) in [5, 5.41) is 4.96. The van der Waals surface area contributed by atoms with Crippen molar-refractivity contribution in [3.63, 3.8) is 0 Å². The quantitative estimate of drug-likeness (QED) is 0.253. The van der Waals surface area contributed by atoms with E-state index in [9.17, 15) is 18.0 Å². The molecule has 2 aliphatic heterocycles. The number of rotatable bonds is 4. The van der Waals surface area contributed by atoms with Gasteiger partial charge in [0.25, 0.3) is 0 Å². The zero-order valence-electron chi connectivity index (χ0n) is 21.8. The molecule has 1 atom stereocenters. The highest BCUT2D eigenvalue weighted by Crippen LogP contribution is 2.43. The van der Waals surface area contributed by atoms with Gasteiger partial charge in [0, 0.05) is 22.9 Å². The number of halogens is 3. The summed E-state index contributed by atoms with van der Waals surface area (Å²) < 4.78 is 48.0. The van der Waals surface area contributed by atoms with Crippen molar-refractivity contribution in [3.05, 3.63) is 96.0 Å². The highest BCUT2D eigenvalue weighted by Gasteiger charge is 2.34. The van der Waals surface area contributed by atoms with Crippen LogP contribution in [0, 0.1) is 6.92 Å². The monoisotopic (exact) mass is 577 g/mol. The minimum atomic E-state index is -4.76. The molecule has 1 fully saturated rings. The molecule has 0 N–H and O–H groups in total. The van der Waals surface area contributed by atoms with Crippen LogP contribution in [0.2, 0.25) is 0 Å². The first-order valence-corrected chi connectivity index (χ1v) is 13.5. The Morgan fingerprint density at radius 3 is 2.51 bits per heavy atom. The second-order valence-corrected chi connectivity index (χ2v) is 10.4. The van der Waals surface area contributed by atoms with Crippen LogP contribution in [0.3, 0.4) is 0 Å². The highest BCUT2D eigenvalue weighted by molar-refractivity contribution is 8.14. The fraction of sp³-hybridized carbons (Fsp3) is 0.172. The number of fused-ring (bicyclic) bond motifs is 3. The Labute approximate surface area is 237 Å². The molecule has 2 aliphatic rings. The summed E-state index contributed by atoms with van der Waals surface area (Å²) in [5.41, 5.74) is 5.61. The van der Waals surface area contributed by atoms with Gasteiger partial charge in [-0.1, -0.05) is 36.9 Å². The number of aryl methyl sites for hydroxylation is 1. The van der Waals surface area contributed by atoms with Crippen molar-refractivity contribution in [2.24, 2.45) is 4.99 Å². The van der Waals surface area contributed by atoms with Gasteiger partial charge in [0.15, 0.2) is 11.0 Å². The topological polar surface area (TPSA) is 81.8 Å². The van der Waals surface area contributed by atoms with E-state index in [-0.39, 0.29) is 11.7 Å². The van der Waals surface area contributed by atoms with Gasteiger partial charge in [0.2, 0.25) is 0 Å². The molecule has 1 saturated heterocycles. The molecule has 12 heteroatoms. The summed E-state index contributed by atoms with van der Waals surface area (Å²) in [4.78, 5) is 23.3. The molecule has 3 aromatic carbocycles. The zero-order chi connectivity index (χ0) is 28.7. The van der Waals surface area contributed by atoms with E-state index in [1.165, 1.54) is 52.6 Å². The Morgan fingerprint density at radius 1 is 1.05 bits per heavy atom. The van der Waals surface area contributed by atoms with Crippen LogP contribution in [0.5, 0.6) is 11.5 Å². The summed E-state index contributed by atoms with van der Waals surface area (Å²) in [6.07, 6.45) is -1.84. The van der Waals surface area contributed by atoms with Crippen LogP contribution in [0.25, 0.3) is 17.1 Å². The number of ether oxygens (including phenoxy) is 2. The first-order valence-electron chi connectivity index (χ1n) is 12.6. The number of amides is 1. The van der Waals surface area contributed by atoms with Crippen molar-refractivity contribution < 1.29 is 27.4 Å². The smallest absolute Gasteiger partial charge is 0.409 e. The van der Waals surface area contributed by atoms with E-state index in [1.807, 2.05) is 11.8 Å². The van der Waals surface area contributed by atoms with Crippen LogP contribution in [0.1, 0.15) is 24.0 Å². The van der Waals surface area contributed by atoms with Crippen LogP contribution in [0.4, 0.5) is 23.7 Å². The van der Waals surface area contributed by atoms with Gasteiger partial charge in [-0.3, -0.25) is 4.90 Å². The maximum absolute atomic E-state index is 12.7. The number of aliphatic imine (C=N–C) groups is 1. The van der Waals surface area contributed by atoms with Gasteiger partial charge in [0.05, 0.1) is 11.4 Å². The van der Waals surface area contributed by atoms with Crippen molar-refractivity contribution in [2.75, 3.05) is 10.7 Å². The Bertz CT molecular complexity index is 1680. The predicted octanol–water partition coefficient (Wildman–Crippen LogP) is 7.25. The summed E-state index contributed by atoms with van der Waals surface area (Å²) in [6.45, 7) is 4.19. The van der Waals surface area contributed by atoms with Gasteiger partial charge in [-0.2, -0.15) is 4.99 Å². The predicted molar refractivity (Wildman–Crippen MR) is 150 cm³/mol. The maximum Gasteiger partial charge on any atom is 0.573 e. The number of hydrogen-bond donors (Lipinski definition) is 0. The Morgan fingerprint density at radius 2 is 1.78 bits per heavy atom. The molecule has 1 amide bonds. The molecule has 0 spiro atoms. The maximum atomic E-state index is 12.7. The van der Waals surface area contributed by atoms with Crippen LogP contribution >= 0.6 is 11.8 Å². The van der Waals surface area contributed by atoms with E-state index >= 15 is 0 Å². The molecule has 208 valence electrons. The van der Waals surface area contributed by atoms with Crippen molar-refractivity contribution in [1.82, 2.24) is 14.8 Å². The lowest BCUT2D eigenvalue weighted by atomic mass is 9.93. The fourth-order valence-corrected chi connectivity index (χ4v) is 5.64. The number of carbonyl (C=O) groups is 1. The average Bonchev–Trinajstić information content (AvgIpc) is 3.56. The second kappa shape index (κ2) is 10.4. The molecule has 41 heavy (non-hydrogen) atoms. The number of amidine groups is 1. The van der Waals surface area contributed by atoms with E-state index < -0.39 is 12.5 Å². The largest absolute Gasteiger partial charge is 0.573 e. The first kappa shape index (κ1) is 26.6. The standard InChI is InChI=1S/C29H22F3N5O3S/c1-17-3-12-24-18(2)14-21-15-41-27(37(21)25(24)13-17)34-28(38)39-22-8-4-19(5-9-22)26-33-16-36(35-26)20-6-10-23(11-7-20)40-29(30,31)32/h3-14,16,18H,15H2,1-2H3. The average molecular weight is 578 g/mol. The van der Waals surface area contributed by atoms with Crippen LogP contribution in [-0.2, 0) is 0 Å². The van der Waals surface area contributed by atoms with Crippen LogP contribution in [-0.4, -0.2) is 38.1 Å². The van der Waals surface area contributed by atoms with Gasteiger partial charge in [-0.05, 0) is 72.6 Å². The number of nitrogens with zero attached hydrogens (tertiary/aromatic N) is 5. The normalized spacial score (nSPS) is 17.2. The lowest BCUT2D eigenvalue weighted by Gasteiger charge is -2.30. The summed E-state index contributed by atoms with van der Waals surface area (Å²) >= 11 is 1.49. The van der Waals surface area contributed by atoms with E-state index in [2.05, 4.69) is 51.0 Å². The molecule has 3 heterocycles. The first-order chi connectivity index (χ1) is 19.6. The molecule has 1 unspecified atom stereocenters. The minimum Gasteiger partial charge on any atom is -0.409 e. The number of aromatic nitrogens is 3. The van der Waals surface area contributed by atoms with Gasteiger partial charge in [-0.25, -0.2) is 14.5 Å². The minimum absolute atomic E-state index is 0.279. The molecule has 0 saturated carbocycles. The second-order valence-electron chi connectivity index (χ2n) is 9.47. The molecule has 0 radical (unpaired) electrons. The lowest BCUT2D eigenvalue weighted by Crippen LogP contribution is -2.28. The van der Waals surface area contributed by atoms with Crippen molar-refractivity contribution in [1.29, 1.82) is 0 Å². The highest BCUT2D eigenvalue weighted by atomic mass is 32.2. The Kier molecular flexibility index (Phi) is 6.78. The van der Waals surface area contributed by atoms with Gasteiger partial charge in [0.1, 0.15) is 17.8 Å². The van der Waals surface area contributed by atoms with Crippen molar-refractivity contribution in [2.45, 2.75) is 26.1 Å². The van der Waals surface area contributed by atoms with E-state index in [1.54, 1.807) is 24.3 Å². The SMILES string of the molecule is Cc1ccc2c(c1)N1C(=CC2C)CSC1=NC(=O)Oc1ccc(-c2ncn(-c3ccc(OC(F)(F)F)cc3)n2)cc1. The lowest BCUT2D eigenvalue weighted by molar-refractivity contribution is -0.274. The molecule has 0 aliphatic carbocycles. The summed E-state index contributed by atoms with van der Waals surface area (Å²) in [6, 6.07) is 18.2. The third-order valence-electron chi connectivity index (χ3n) is 6.52. The molecule has 1 aromatic heterocycles. The number of allylic oxidation sites excluding steroid dienone is 1. The Balaban J connectivity index is 1.13. The molecule has 6 rings (SSSR count). The van der Waals surface area contributed by atoms with Gasteiger partial charge in [-0.15, -0.1) is 18.3 Å². The van der Waals surface area contributed by atoms with Crippen molar-refractivity contribution >= 4 is 28.7 Å². The van der Waals surface area contributed by atoms with Crippen molar-refractivity contribution in [3.8, 4) is 28.6 Å². The molecular weight excluding hydrogens is 555 g/mol. The molecular formula is C29H22F3N5O3S. The number of alkyl halides is 3. The molecule has 4 aromatic rings. The van der Waals surface area contributed by atoms with Gasteiger partial charge < -0.3 is 9.47 Å². The number of carbonyl (C=O) groups excluding carboxylic acids is 1. The Hall–Kier alpha value is -4.58. The van der Waals surface area contributed by atoms with Gasteiger partial charge >= 0.3 is 12.5 Å². The number of hydrogen-bond acceptors (Lipinski definition) is 6. The zero-order valence-corrected chi connectivity index (χ0v) is 22.6. The van der Waals surface area contributed by atoms with Crippen LogP contribution < -0.4 is 14.4 Å². The number of thioether (sulfide) groups is 1. The van der Waals surface area contributed by atoms with E-state index in [4.69, 9.17) is 4.74 Å². The van der Waals surface area contributed by atoms with E-state index in [0.717, 1.165) is 22.7 Å². The van der Waals surface area contributed by atoms with Crippen LogP contribution in [0.15, 0.2) is 89.8 Å². The summed E-state index contributed by atoms with van der Waals surface area (Å²) in [7, 11) is 0. The molecule has 8 nitrogen and oxygen atoms in total. The van der Waals surface area contributed by atoms with E-state index in [0.29, 0.717) is 28.0 Å². The fourth-order valence-electron chi connectivity index (χ4n) is 4.66. The summed E-state index contributed by atoms with van der Waals surface area (Å²) in [5.74, 6) is 1.37. The number of benzene rings is 3.